The predicted molar refractivity (Wildman–Crippen MR) is 81.5 cm³/mol. The smallest absolute Gasteiger partial charge is 0.263 e. The van der Waals surface area contributed by atoms with Crippen LogP contribution in [-0.2, 0) is 6.54 Å². The number of fused-ring (bicyclic) bond motifs is 1. The van der Waals surface area contributed by atoms with Crippen molar-refractivity contribution in [1.29, 1.82) is 0 Å². The number of H-pyrrole nitrogens is 1. The Bertz CT molecular complexity index is 692. The number of hydrogen-bond donors (Lipinski definition) is 1. The molecule has 1 fully saturated rings. The van der Waals surface area contributed by atoms with Gasteiger partial charge in [-0.3, -0.25) is 9.36 Å². The fourth-order valence-electron chi connectivity index (χ4n) is 2.65. The van der Waals surface area contributed by atoms with Crippen molar-refractivity contribution in [3.05, 3.63) is 26.6 Å². The van der Waals surface area contributed by atoms with Crippen LogP contribution in [-0.4, -0.2) is 34.6 Å². The van der Waals surface area contributed by atoms with Crippen molar-refractivity contribution >= 4 is 33.8 Å². The summed E-state index contributed by atoms with van der Waals surface area (Å²) in [5, 5.41) is 2.68. The highest BCUT2D eigenvalue weighted by molar-refractivity contribution is 7.71. The molecule has 3 rings (SSSR count). The predicted octanol–water partition coefficient (Wildman–Crippen LogP) is 2.46. The third-order valence-corrected chi connectivity index (χ3v) is 5.04. The third kappa shape index (κ3) is 2.52. The van der Waals surface area contributed by atoms with Gasteiger partial charge in [-0.25, -0.2) is 0 Å². The first-order chi connectivity index (χ1) is 9.15. The first-order valence-corrected chi connectivity index (χ1v) is 7.83. The van der Waals surface area contributed by atoms with Gasteiger partial charge < -0.3 is 9.88 Å². The quantitative estimate of drug-likeness (QED) is 0.865. The summed E-state index contributed by atoms with van der Waals surface area (Å²) >= 11 is 6.86. The molecule has 0 atom stereocenters. The topological polar surface area (TPSA) is 41.0 Å². The molecule has 2 aromatic rings. The Morgan fingerprint density at radius 1 is 1.47 bits per heavy atom. The lowest BCUT2D eigenvalue weighted by Gasteiger charge is -2.29. The van der Waals surface area contributed by atoms with Crippen LogP contribution in [0.4, 0.5) is 0 Å². The Kier molecular flexibility index (Phi) is 3.56. The second-order valence-corrected chi connectivity index (χ2v) is 6.56. The van der Waals surface area contributed by atoms with Crippen molar-refractivity contribution in [3.8, 4) is 0 Å². The monoisotopic (exact) mass is 295 g/mol. The highest BCUT2D eigenvalue weighted by atomic mass is 32.1. The summed E-state index contributed by atoms with van der Waals surface area (Å²) in [5.74, 6) is 0.556. The van der Waals surface area contributed by atoms with Gasteiger partial charge in [0.2, 0.25) is 0 Å². The van der Waals surface area contributed by atoms with Crippen molar-refractivity contribution < 1.29 is 0 Å². The SMILES string of the molecule is CN1CCC(Cn2c(=S)[nH]c3sccc3c2=O)CC1. The summed E-state index contributed by atoms with van der Waals surface area (Å²) in [7, 11) is 2.14. The number of aromatic nitrogens is 2. The van der Waals surface area contributed by atoms with E-state index in [1.54, 1.807) is 4.57 Å². The van der Waals surface area contributed by atoms with E-state index >= 15 is 0 Å². The van der Waals surface area contributed by atoms with Gasteiger partial charge in [0, 0.05) is 6.54 Å². The normalized spacial score (nSPS) is 18.2. The van der Waals surface area contributed by atoms with Crippen LogP contribution in [0.5, 0.6) is 0 Å². The number of aromatic amines is 1. The van der Waals surface area contributed by atoms with Gasteiger partial charge in [-0.15, -0.1) is 11.3 Å². The maximum absolute atomic E-state index is 12.4. The Morgan fingerprint density at radius 3 is 2.95 bits per heavy atom. The minimum Gasteiger partial charge on any atom is -0.323 e. The Morgan fingerprint density at radius 2 is 2.21 bits per heavy atom. The van der Waals surface area contributed by atoms with E-state index in [1.807, 2.05) is 11.4 Å². The highest BCUT2D eigenvalue weighted by Crippen LogP contribution is 2.19. The largest absolute Gasteiger partial charge is 0.323 e. The molecular weight excluding hydrogens is 278 g/mol. The molecule has 0 aliphatic carbocycles. The van der Waals surface area contributed by atoms with Gasteiger partial charge in [-0.05, 0) is 62.6 Å². The molecule has 0 unspecified atom stereocenters. The standard InChI is InChI=1S/C13H17N3OS2/c1-15-5-2-9(3-6-15)8-16-12(17)10-4-7-19-11(10)14-13(16)18/h4,7,9H,2-3,5-6,8H2,1H3,(H,14,18). The number of hydrogen-bond acceptors (Lipinski definition) is 4. The number of thiophene rings is 1. The molecule has 0 bridgehead atoms. The summed E-state index contributed by atoms with van der Waals surface area (Å²) in [5.41, 5.74) is 0.0546. The Labute approximate surface area is 120 Å². The zero-order chi connectivity index (χ0) is 13.4. The van der Waals surface area contributed by atoms with Crippen LogP contribution in [0.2, 0.25) is 0 Å². The van der Waals surface area contributed by atoms with Gasteiger partial charge in [0.15, 0.2) is 4.77 Å². The van der Waals surface area contributed by atoms with Gasteiger partial charge in [0.1, 0.15) is 4.83 Å². The highest BCUT2D eigenvalue weighted by Gasteiger charge is 2.18. The zero-order valence-corrected chi connectivity index (χ0v) is 12.5. The summed E-state index contributed by atoms with van der Waals surface area (Å²) in [6, 6.07) is 1.87. The number of likely N-dealkylation sites (tertiary alicyclic amines) is 1. The van der Waals surface area contributed by atoms with E-state index in [0.29, 0.717) is 10.7 Å². The van der Waals surface area contributed by atoms with E-state index in [1.165, 1.54) is 11.3 Å². The summed E-state index contributed by atoms with van der Waals surface area (Å²) in [6.07, 6.45) is 2.28. The Hall–Kier alpha value is -0.980. The molecular formula is C13H17N3OS2. The maximum Gasteiger partial charge on any atom is 0.263 e. The molecule has 3 heterocycles. The van der Waals surface area contributed by atoms with E-state index in [2.05, 4.69) is 16.9 Å². The van der Waals surface area contributed by atoms with Gasteiger partial charge >= 0.3 is 0 Å². The van der Waals surface area contributed by atoms with Gasteiger partial charge in [-0.1, -0.05) is 0 Å². The van der Waals surface area contributed by atoms with Crippen LogP contribution >= 0.6 is 23.6 Å². The van der Waals surface area contributed by atoms with E-state index in [0.717, 1.165) is 42.7 Å². The van der Waals surface area contributed by atoms with Crippen LogP contribution < -0.4 is 5.56 Å². The summed E-state index contributed by atoms with van der Waals surface area (Å²) in [4.78, 5) is 18.8. The van der Waals surface area contributed by atoms with E-state index < -0.39 is 0 Å². The van der Waals surface area contributed by atoms with Crippen molar-refractivity contribution in [2.24, 2.45) is 5.92 Å². The van der Waals surface area contributed by atoms with Crippen molar-refractivity contribution in [1.82, 2.24) is 14.5 Å². The lowest BCUT2D eigenvalue weighted by molar-refractivity contribution is 0.203. The molecule has 0 amide bonds. The molecule has 4 nitrogen and oxygen atoms in total. The second kappa shape index (κ2) is 5.19. The van der Waals surface area contributed by atoms with E-state index in [4.69, 9.17) is 12.2 Å². The Balaban J connectivity index is 1.92. The van der Waals surface area contributed by atoms with Gasteiger partial charge in [0.25, 0.3) is 5.56 Å². The first kappa shape index (κ1) is 13.0. The van der Waals surface area contributed by atoms with Crippen LogP contribution in [0.25, 0.3) is 10.2 Å². The molecule has 0 spiro atoms. The average molecular weight is 295 g/mol. The third-order valence-electron chi connectivity index (χ3n) is 3.89. The number of rotatable bonds is 2. The fraction of sp³-hybridized carbons (Fsp3) is 0.538. The maximum atomic E-state index is 12.4. The van der Waals surface area contributed by atoms with Gasteiger partial charge in [0.05, 0.1) is 5.39 Å². The molecule has 102 valence electrons. The molecule has 1 aliphatic rings. The van der Waals surface area contributed by atoms with Gasteiger partial charge in [-0.2, -0.15) is 0 Å². The number of nitrogens with zero attached hydrogens (tertiary/aromatic N) is 2. The molecule has 0 radical (unpaired) electrons. The minimum atomic E-state index is 0.0546. The van der Waals surface area contributed by atoms with Crippen LogP contribution in [0, 0.1) is 10.7 Å². The minimum absolute atomic E-state index is 0.0546. The second-order valence-electron chi connectivity index (χ2n) is 5.26. The molecule has 1 N–H and O–H groups in total. The van der Waals surface area contributed by atoms with Crippen LogP contribution in [0.15, 0.2) is 16.2 Å². The van der Waals surface area contributed by atoms with E-state index in [-0.39, 0.29) is 5.56 Å². The molecule has 0 aromatic carbocycles. The molecule has 19 heavy (non-hydrogen) atoms. The lowest BCUT2D eigenvalue weighted by Crippen LogP contribution is -2.34. The van der Waals surface area contributed by atoms with E-state index in [9.17, 15) is 4.79 Å². The fourth-order valence-corrected chi connectivity index (χ4v) is 3.75. The van der Waals surface area contributed by atoms with Crippen LogP contribution in [0.1, 0.15) is 12.8 Å². The van der Waals surface area contributed by atoms with Crippen molar-refractivity contribution in [3.63, 3.8) is 0 Å². The lowest BCUT2D eigenvalue weighted by atomic mass is 9.97. The number of nitrogens with one attached hydrogen (secondary N) is 1. The summed E-state index contributed by atoms with van der Waals surface area (Å²) in [6.45, 7) is 2.96. The zero-order valence-electron chi connectivity index (χ0n) is 10.9. The molecule has 1 aliphatic heterocycles. The average Bonchev–Trinajstić information content (AvgIpc) is 2.85. The molecule has 6 heteroatoms. The first-order valence-electron chi connectivity index (χ1n) is 6.54. The number of piperidine rings is 1. The van der Waals surface area contributed by atoms with Crippen molar-refractivity contribution in [2.75, 3.05) is 20.1 Å². The molecule has 2 aromatic heterocycles. The van der Waals surface area contributed by atoms with Crippen LogP contribution in [0.3, 0.4) is 0 Å². The molecule has 0 saturated carbocycles. The summed E-state index contributed by atoms with van der Waals surface area (Å²) < 4.78 is 2.29. The molecule has 1 saturated heterocycles. The van der Waals surface area contributed by atoms with Crippen molar-refractivity contribution in [2.45, 2.75) is 19.4 Å².